The molecular weight excluding hydrogens is 430 g/mol. The van der Waals surface area contributed by atoms with Crippen molar-refractivity contribution in [3.05, 3.63) is 74.2 Å². The van der Waals surface area contributed by atoms with Crippen molar-refractivity contribution in [3.8, 4) is 11.8 Å². The fourth-order valence-electron chi connectivity index (χ4n) is 2.03. The number of nitrogens with one attached hydrogen (secondary N) is 1. The minimum atomic E-state index is -0.616. The average Bonchev–Trinajstić information content (AvgIpc) is 2.62. The Labute approximate surface area is 176 Å². The summed E-state index contributed by atoms with van der Waals surface area (Å²) >= 11 is 24.1. The molecule has 0 heterocycles. The predicted octanol–water partition coefficient (Wildman–Crippen LogP) is 6.41. The Morgan fingerprint density at radius 1 is 1.11 bits per heavy atom. The zero-order chi connectivity index (χ0) is 20.0. The van der Waals surface area contributed by atoms with Gasteiger partial charge in [-0.3, -0.25) is 4.79 Å². The number of nitriles is 1. The fourth-order valence-corrected chi connectivity index (χ4v) is 2.94. The van der Waals surface area contributed by atoms with Gasteiger partial charge in [0.1, 0.15) is 18.2 Å². The van der Waals surface area contributed by atoms with Crippen LogP contribution in [0.1, 0.15) is 5.56 Å². The molecular formula is C19H12Cl4N2O2. The Morgan fingerprint density at radius 2 is 1.78 bits per heavy atom. The highest BCUT2D eigenvalue weighted by atomic mass is 35.5. The summed E-state index contributed by atoms with van der Waals surface area (Å²) in [4.78, 5) is 12.3. The highest BCUT2D eigenvalue weighted by Crippen LogP contribution is 2.35. The van der Waals surface area contributed by atoms with E-state index < -0.39 is 5.91 Å². The molecule has 0 atom stereocenters. The number of amides is 1. The van der Waals surface area contributed by atoms with E-state index in [9.17, 15) is 10.1 Å². The molecule has 0 fully saturated rings. The second kappa shape index (κ2) is 9.68. The molecule has 0 unspecified atom stereocenters. The molecule has 2 aromatic rings. The van der Waals surface area contributed by atoms with E-state index in [4.69, 9.17) is 51.1 Å². The second-order valence-electron chi connectivity index (χ2n) is 5.17. The van der Waals surface area contributed by atoms with Gasteiger partial charge in [0, 0.05) is 5.69 Å². The van der Waals surface area contributed by atoms with E-state index >= 15 is 0 Å². The average molecular weight is 442 g/mol. The highest BCUT2D eigenvalue weighted by Gasteiger charge is 2.13. The number of hydrogen-bond acceptors (Lipinski definition) is 3. The van der Waals surface area contributed by atoms with Gasteiger partial charge in [-0.2, -0.15) is 5.26 Å². The number of benzene rings is 2. The molecule has 0 spiro atoms. The molecule has 0 bridgehead atoms. The third kappa shape index (κ3) is 5.66. The molecule has 27 heavy (non-hydrogen) atoms. The minimum Gasteiger partial charge on any atom is -0.486 e. The monoisotopic (exact) mass is 440 g/mol. The Kier molecular flexibility index (Phi) is 7.58. The summed E-state index contributed by atoms with van der Waals surface area (Å²) in [6, 6.07) is 9.51. The maximum atomic E-state index is 12.3. The summed E-state index contributed by atoms with van der Waals surface area (Å²) in [6.07, 6.45) is 2.92. The molecule has 0 aliphatic rings. The quantitative estimate of drug-likeness (QED) is 0.320. The molecule has 8 heteroatoms. The molecule has 0 aliphatic carbocycles. The van der Waals surface area contributed by atoms with Crippen LogP contribution >= 0.6 is 46.4 Å². The van der Waals surface area contributed by atoms with Crippen molar-refractivity contribution in [1.82, 2.24) is 0 Å². The zero-order valence-corrected chi connectivity index (χ0v) is 16.8. The van der Waals surface area contributed by atoms with Gasteiger partial charge in [-0.25, -0.2) is 0 Å². The fraction of sp³-hybridized carbons (Fsp3) is 0.0526. The summed E-state index contributed by atoms with van der Waals surface area (Å²) < 4.78 is 5.38. The second-order valence-corrected chi connectivity index (χ2v) is 6.79. The standard InChI is InChI=1S/C19H12Cl4N2O2/c1-2-5-27-18-16(22)7-11(8-17(18)23)6-12(10-24)19(26)25-13-3-4-14(20)15(21)9-13/h2-4,6-9H,1,5H2,(H,25,26)/b12-6+. The van der Waals surface area contributed by atoms with Gasteiger partial charge in [0.15, 0.2) is 5.75 Å². The van der Waals surface area contributed by atoms with Crippen LogP contribution in [0.25, 0.3) is 6.08 Å². The molecule has 138 valence electrons. The van der Waals surface area contributed by atoms with E-state index in [-0.39, 0.29) is 27.2 Å². The smallest absolute Gasteiger partial charge is 0.266 e. The lowest BCUT2D eigenvalue weighted by molar-refractivity contribution is -0.112. The Hall–Kier alpha value is -2.16. The van der Waals surface area contributed by atoms with Crippen LogP contribution in [0.2, 0.25) is 20.1 Å². The number of carbonyl (C=O) groups excluding carboxylic acids is 1. The molecule has 4 nitrogen and oxygen atoms in total. The lowest BCUT2D eigenvalue weighted by Crippen LogP contribution is -2.13. The van der Waals surface area contributed by atoms with E-state index in [2.05, 4.69) is 11.9 Å². The van der Waals surface area contributed by atoms with Gasteiger partial charge in [-0.15, -0.1) is 0 Å². The van der Waals surface area contributed by atoms with Crippen LogP contribution in [0.15, 0.2) is 48.6 Å². The van der Waals surface area contributed by atoms with Crippen LogP contribution in [0, 0.1) is 11.3 Å². The van der Waals surface area contributed by atoms with Crippen LogP contribution in [0.5, 0.6) is 5.75 Å². The van der Waals surface area contributed by atoms with E-state index in [1.54, 1.807) is 12.1 Å². The van der Waals surface area contributed by atoms with Gasteiger partial charge >= 0.3 is 0 Å². The van der Waals surface area contributed by atoms with E-state index in [0.717, 1.165) is 0 Å². The SMILES string of the molecule is C=CCOc1c(Cl)cc(/C=C(\C#N)C(=O)Nc2ccc(Cl)c(Cl)c2)cc1Cl. The molecule has 0 saturated heterocycles. The molecule has 2 rings (SSSR count). The maximum absolute atomic E-state index is 12.3. The first kappa shape index (κ1) is 21.1. The third-order valence-corrected chi connectivity index (χ3v) is 4.52. The van der Waals surface area contributed by atoms with E-state index in [0.29, 0.717) is 22.0 Å². The van der Waals surface area contributed by atoms with Gasteiger partial charge in [-0.1, -0.05) is 59.1 Å². The van der Waals surface area contributed by atoms with Gasteiger partial charge in [0.2, 0.25) is 0 Å². The number of carbonyl (C=O) groups is 1. The first-order valence-electron chi connectivity index (χ1n) is 7.46. The van der Waals surface area contributed by atoms with Crippen LogP contribution in [0.4, 0.5) is 5.69 Å². The van der Waals surface area contributed by atoms with Crippen LogP contribution in [-0.2, 0) is 4.79 Å². The summed E-state index contributed by atoms with van der Waals surface area (Å²) in [7, 11) is 0. The van der Waals surface area contributed by atoms with Crippen molar-refractivity contribution in [2.45, 2.75) is 0 Å². The van der Waals surface area contributed by atoms with Crippen LogP contribution < -0.4 is 10.1 Å². The van der Waals surface area contributed by atoms with E-state index in [1.165, 1.54) is 30.3 Å². The molecule has 0 saturated carbocycles. The maximum Gasteiger partial charge on any atom is 0.266 e. The van der Waals surface area contributed by atoms with Gasteiger partial charge in [0.05, 0.1) is 20.1 Å². The number of nitrogens with zero attached hydrogens (tertiary/aromatic N) is 1. The molecule has 0 aliphatic heterocycles. The number of rotatable bonds is 6. The zero-order valence-electron chi connectivity index (χ0n) is 13.7. The van der Waals surface area contributed by atoms with Crippen LogP contribution in [0.3, 0.4) is 0 Å². The number of halogens is 4. The van der Waals surface area contributed by atoms with Crippen molar-refractivity contribution >= 4 is 64.1 Å². The first-order valence-corrected chi connectivity index (χ1v) is 8.97. The number of anilines is 1. The summed E-state index contributed by atoms with van der Waals surface area (Å²) in [5.41, 5.74) is 0.726. The van der Waals surface area contributed by atoms with Gasteiger partial charge in [-0.05, 0) is 42.0 Å². The first-order chi connectivity index (χ1) is 12.8. The normalized spacial score (nSPS) is 10.9. The molecule has 2 aromatic carbocycles. The van der Waals surface area contributed by atoms with Crippen molar-refractivity contribution in [2.75, 3.05) is 11.9 Å². The van der Waals surface area contributed by atoms with Crippen LogP contribution in [-0.4, -0.2) is 12.5 Å². The van der Waals surface area contributed by atoms with Crippen molar-refractivity contribution in [1.29, 1.82) is 5.26 Å². The van der Waals surface area contributed by atoms with E-state index in [1.807, 2.05) is 6.07 Å². The number of ether oxygens (including phenoxy) is 1. The lowest BCUT2D eigenvalue weighted by atomic mass is 10.1. The number of hydrogen-bond donors (Lipinski definition) is 1. The van der Waals surface area contributed by atoms with Crippen molar-refractivity contribution in [2.24, 2.45) is 0 Å². The predicted molar refractivity (Wildman–Crippen MR) is 111 cm³/mol. The molecule has 1 amide bonds. The van der Waals surface area contributed by atoms with Crippen molar-refractivity contribution in [3.63, 3.8) is 0 Å². The summed E-state index contributed by atoms with van der Waals surface area (Å²) in [6.45, 7) is 3.79. The Morgan fingerprint density at radius 3 is 2.33 bits per heavy atom. The van der Waals surface area contributed by atoms with Gasteiger partial charge in [0.25, 0.3) is 5.91 Å². The summed E-state index contributed by atoms with van der Waals surface area (Å²) in [5, 5.41) is 13.0. The van der Waals surface area contributed by atoms with Crippen molar-refractivity contribution < 1.29 is 9.53 Å². The minimum absolute atomic E-state index is 0.145. The van der Waals surface area contributed by atoms with Gasteiger partial charge < -0.3 is 10.1 Å². The molecule has 0 radical (unpaired) electrons. The topological polar surface area (TPSA) is 62.1 Å². The Balaban J connectivity index is 2.26. The summed E-state index contributed by atoms with van der Waals surface area (Å²) in [5.74, 6) is -0.315. The molecule has 0 aromatic heterocycles. The third-order valence-electron chi connectivity index (χ3n) is 3.22. The lowest BCUT2D eigenvalue weighted by Gasteiger charge is -2.09. The largest absolute Gasteiger partial charge is 0.486 e. The Bertz CT molecular complexity index is 942. The molecule has 1 N–H and O–H groups in total. The highest BCUT2D eigenvalue weighted by molar-refractivity contribution is 6.42.